The summed E-state index contributed by atoms with van der Waals surface area (Å²) in [6.45, 7) is 12.2. The molecular formula is C21H35NO3. The van der Waals surface area contributed by atoms with E-state index in [2.05, 4.69) is 43.4 Å². The number of ether oxygens (including phenoxy) is 2. The third kappa shape index (κ3) is 8.50. The van der Waals surface area contributed by atoms with Gasteiger partial charge in [-0.3, -0.25) is 4.79 Å². The van der Waals surface area contributed by atoms with Gasteiger partial charge in [0.1, 0.15) is 0 Å². The molecule has 142 valence electrons. The minimum atomic E-state index is -0.169. The monoisotopic (exact) mass is 349 g/mol. The van der Waals surface area contributed by atoms with Crippen molar-refractivity contribution < 1.29 is 14.3 Å². The van der Waals surface area contributed by atoms with E-state index in [0.717, 1.165) is 24.8 Å². The zero-order valence-electron chi connectivity index (χ0n) is 16.5. The largest absolute Gasteiger partial charge is 0.356 e. The molecule has 1 aromatic carbocycles. The van der Waals surface area contributed by atoms with Gasteiger partial charge in [0.2, 0.25) is 5.91 Å². The summed E-state index contributed by atoms with van der Waals surface area (Å²) in [7, 11) is 0. The Labute approximate surface area is 153 Å². The van der Waals surface area contributed by atoms with Crippen LogP contribution in [0.15, 0.2) is 24.3 Å². The van der Waals surface area contributed by atoms with Gasteiger partial charge in [-0.1, -0.05) is 38.1 Å². The highest BCUT2D eigenvalue weighted by molar-refractivity contribution is 5.83. The van der Waals surface area contributed by atoms with Crippen molar-refractivity contribution in [3.8, 4) is 0 Å². The summed E-state index contributed by atoms with van der Waals surface area (Å²) in [5, 5.41) is 3.02. The summed E-state index contributed by atoms with van der Waals surface area (Å²) in [5.41, 5.74) is 2.38. The first-order valence-electron chi connectivity index (χ1n) is 9.57. The number of nitrogens with one attached hydrogen (secondary N) is 1. The van der Waals surface area contributed by atoms with Gasteiger partial charge < -0.3 is 14.8 Å². The smallest absolute Gasteiger partial charge is 0.227 e. The standard InChI is InChI=1S/C21H35NO3/c1-6-24-20(25-7-2)9-8-14-22-21(23)17(5)19-12-10-18(11-13-19)15-16(3)4/h10-13,16-17,20H,6-9,14-15H2,1-5H3,(H,22,23). The van der Waals surface area contributed by atoms with E-state index in [4.69, 9.17) is 9.47 Å². The molecule has 1 N–H and O–H groups in total. The van der Waals surface area contributed by atoms with E-state index < -0.39 is 0 Å². The van der Waals surface area contributed by atoms with E-state index >= 15 is 0 Å². The van der Waals surface area contributed by atoms with Gasteiger partial charge in [-0.15, -0.1) is 0 Å². The summed E-state index contributed by atoms with van der Waals surface area (Å²) >= 11 is 0. The van der Waals surface area contributed by atoms with Crippen LogP contribution < -0.4 is 5.32 Å². The minimum absolute atomic E-state index is 0.0704. The maximum absolute atomic E-state index is 12.3. The van der Waals surface area contributed by atoms with Crippen molar-refractivity contribution in [2.45, 2.75) is 66.1 Å². The zero-order chi connectivity index (χ0) is 18.7. The van der Waals surface area contributed by atoms with Crippen molar-refractivity contribution in [3.05, 3.63) is 35.4 Å². The minimum Gasteiger partial charge on any atom is -0.356 e. The van der Waals surface area contributed by atoms with Gasteiger partial charge >= 0.3 is 0 Å². The van der Waals surface area contributed by atoms with Crippen molar-refractivity contribution in [1.29, 1.82) is 0 Å². The first kappa shape index (κ1) is 21.7. The number of hydrogen-bond acceptors (Lipinski definition) is 3. The van der Waals surface area contributed by atoms with E-state index in [9.17, 15) is 4.79 Å². The third-order valence-corrected chi connectivity index (χ3v) is 4.14. The topological polar surface area (TPSA) is 47.6 Å². The predicted molar refractivity (Wildman–Crippen MR) is 103 cm³/mol. The number of hydrogen-bond donors (Lipinski definition) is 1. The lowest BCUT2D eigenvalue weighted by molar-refractivity contribution is -0.140. The first-order valence-corrected chi connectivity index (χ1v) is 9.57. The van der Waals surface area contributed by atoms with Crippen LogP contribution in [0, 0.1) is 5.92 Å². The Morgan fingerprint density at radius 3 is 2.16 bits per heavy atom. The lowest BCUT2D eigenvalue weighted by atomic mass is 9.96. The van der Waals surface area contributed by atoms with Crippen LogP contribution in [0.25, 0.3) is 0 Å². The molecule has 1 rings (SSSR count). The molecule has 4 nitrogen and oxygen atoms in total. The van der Waals surface area contributed by atoms with Crippen molar-refractivity contribution in [2.24, 2.45) is 5.92 Å². The summed E-state index contributed by atoms with van der Waals surface area (Å²) in [4.78, 5) is 12.3. The molecule has 0 bridgehead atoms. The molecule has 0 heterocycles. The first-order chi connectivity index (χ1) is 12.0. The molecule has 0 aromatic heterocycles. The number of carbonyl (C=O) groups is 1. The van der Waals surface area contributed by atoms with Gasteiger partial charge in [-0.05, 0) is 50.7 Å². The maximum Gasteiger partial charge on any atom is 0.227 e. The quantitative estimate of drug-likeness (QED) is 0.452. The van der Waals surface area contributed by atoms with Gasteiger partial charge in [0.25, 0.3) is 0 Å². The summed E-state index contributed by atoms with van der Waals surface area (Å²) in [5.74, 6) is 0.576. The van der Waals surface area contributed by atoms with Gasteiger partial charge in [-0.2, -0.15) is 0 Å². The van der Waals surface area contributed by atoms with Gasteiger partial charge in [0, 0.05) is 26.2 Å². The Hall–Kier alpha value is -1.39. The number of rotatable bonds is 12. The molecule has 0 spiro atoms. The van der Waals surface area contributed by atoms with E-state index in [1.165, 1.54) is 5.56 Å². The Morgan fingerprint density at radius 2 is 1.64 bits per heavy atom. The van der Waals surface area contributed by atoms with Crippen molar-refractivity contribution in [2.75, 3.05) is 19.8 Å². The SMILES string of the molecule is CCOC(CCCNC(=O)C(C)c1ccc(CC(C)C)cc1)OCC. The highest BCUT2D eigenvalue weighted by Crippen LogP contribution is 2.17. The van der Waals surface area contributed by atoms with Gasteiger partial charge in [0.15, 0.2) is 6.29 Å². The van der Waals surface area contributed by atoms with E-state index in [-0.39, 0.29) is 18.1 Å². The summed E-state index contributed by atoms with van der Waals surface area (Å²) < 4.78 is 11.0. The Morgan fingerprint density at radius 1 is 1.04 bits per heavy atom. The molecule has 0 aliphatic heterocycles. The van der Waals surface area contributed by atoms with E-state index in [0.29, 0.717) is 25.7 Å². The molecule has 0 saturated carbocycles. The second-order valence-electron chi connectivity index (χ2n) is 6.83. The second kappa shape index (κ2) is 12.0. The lowest BCUT2D eigenvalue weighted by Crippen LogP contribution is -2.29. The Balaban J connectivity index is 2.38. The van der Waals surface area contributed by atoms with Crippen LogP contribution in [-0.4, -0.2) is 32.0 Å². The van der Waals surface area contributed by atoms with Gasteiger partial charge in [-0.25, -0.2) is 0 Å². The van der Waals surface area contributed by atoms with Crippen LogP contribution in [0.2, 0.25) is 0 Å². The van der Waals surface area contributed by atoms with E-state index in [1.54, 1.807) is 0 Å². The molecule has 4 heteroatoms. The molecule has 0 saturated heterocycles. The molecule has 0 aliphatic rings. The van der Waals surface area contributed by atoms with Crippen molar-refractivity contribution in [3.63, 3.8) is 0 Å². The zero-order valence-corrected chi connectivity index (χ0v) is 16.5. The molecule has 0 aliphatic carbocycles. The number of amides is 1. The molecule has 1 aromatic rings. The summed E-state index contributed by atoms with van der Waals surface area (Å²) in [6.07, 6.45) is 2.54. The lowest BCUT2D eigenvalue weighted by Gasteiger charge is -2.17. The highest BCUT2D eigenvalue weighted by Gasteiger charge is 2.15. The normalized spacial score (nSPS) is 12.6. The second-order valence-corrected chi connectivity index (χ2v) is 6.83. The fourth-order valence-electron chi connectivity index (χ4n) is 2.79. The van der Waals surface area contributed by atoms with Crippen LogP contribution in [0.1, 0.15) is 64.5 Å². The third-order valence-electron chi connectivity index (χ3n) is 4.14. The van der Waals surface area contributed by atoms with Crippen LogP contribution in [0.3, 0.4) is 0 Å². The number of benzene rings is 1. The highest BCUT2D eigenvalue weighted by atomic mass is 16.7. The number of carbonyl (C=O) groups excluding carboxylic acids is 1. The Kier molecular flexibility index (Phi) is 10.4. The average molecular weight is 350 g/mol. The molecule has 1 atom stereocenters. The molecule has 0 fully saturated rings. The van der Waals surface area contributed by atoms with Crippen LogP contribution in [0.4, 0.5) is 0 Å². The van der Waals surface area contributed by atoms with E-state index in [1.807, 2.05) is 20.8 Å². The molecule has 25 heavy (non-hydrogen) atoms. The molecule has 0 radical (unpaired) electrons. The van der Waals surface area contributed by atoms with Crippen molar-refractivity contribution >= 4 is 5.91 Å². The summed E-state index contributed by atoms with van der Waals surface area (Å²) in [6, 6.07) is 8.41. The maximum atomic E-state index is 12.3. The Bertz CT molecular complexity index is 478. The van der Waals surface area contributed by atoms with Crippen LogP contribution >= 0.6 is 0 Å². The molecule has 1 unspecified atom stereocenters. The van der Waals surface area contributed by atoms with Crippen LogP contribution in [0.5, 0.6) is 0 Å². The van der Waals surface area contributed by atoms with Crippen molar-refractivity contribution in [1.82, 2.24) is 5.32 Å². The molecule has 1 amide bonds. The fraction of sp³-hybridized carbons (Fsp3) is 0.667. The average Bonchev–Trinajstić information content (AvgIpc) is 2.58. The fourth-order valence-corrected chi connectivity index (χ4v) is 2.79. The predicted octanol–water partition coefficient (Wildman–Crippen LogP) is 4.28. The molecular weight excluding hydrogens is 314 g/mol. The van der Waals surface area contributed by atoms with Gasteiger partial charge in [0.05, 0.1) is 5.92 Å². The van der Waals surface area contributed by atoms with Crippen LogP contribution in [-0.2, 0) is 20.7 Å².